The lowest BCUT2D eigenvalue weighted by atomic mass is 10.1. The van der Waals surface area contributed by atoms with Crippen molar-refractivity contribution in [1.82, 2.24) is 0 Å². The number of unbranched alkanes of at least 4 members (excludes halogenated alkanes) is 25. The standard InChI is InChI=1S/C45H90NO3/c1-5-7-9-11-13-15-17-19-21-23-25-27-29-31-33-37-41-48-44-45(43-46(3,4)39-35-36-40-47)49-42-38-34-32-30-28-26-24-22-20-18-16-14-12-10-8-6-2/h19-22,45,47H,5-18,23-44H2,1-4H3/q+1/b21-19-,22-20-. The first kappa shape index (κ1) is 48.3. The van der Waals surface area contributed by atoms with Gasteiger partial charge in [-0.3, -0.25) is 0 Å². The lowest BCUT2D eigenvalue weighted by Crippen LogP contribution is -2.48. The zero-order chi connectivity index (χ0) is 35.8. The van der Waals surface area contributed by atoms with Gasteiger partial charge in [0.25, 0.3) is 0 Å². The highest BCUT2D eigenvalue weighted by Gasteiger charge is 2.22. The predicted molar refractivity (Wildman–Crippen MR) is 218 cm³/mol. The lowest BCUT2D eigenvalue weighted by molar-refractivity contribution is -0.893. The van der Waals surface area contributed by atoms with Gasteiger partial charge in [-0.25, -0.2) is 0 Å². The molecule has 0 rings (SSSR count). The Hall–Kier alpha value is -0.680. The highest BCUT2D eigenvalue weighted by Crippen LogP contribution is 2.13. The monoisotopic (exact) mass is 693 g/mol. The summed E-state index contributed by atoms with van der Waals surface area (Å²) in [6.45, 7) is 9.32. The van der Waals surface area contributed by atoms with E-state index in [0.717, 1.165) is 56.5 Å². The fourth-order valence-electron chi connectivity index (χ4n) is 6.71. The summed E-state index contributed by atoms with van der Waals surface area (Å²) in [6, 6.07) is 0. The van der Waals surface area contributed by atoms with Crippen molar-refractivity contribution in [2.45, 2.75) is 213 Å². The van der Waals surface area contributed by atoms with Crippen LogP contribution in [0.25, 0.3) is 0 Å². The largest absolute Gasteiger partial charge is 0.396 e. The van der Waals surface area contributed by atoms with Gasteiger partial charge in [0.05, 0.1) is 27.2 Å². The smallest absolute Gasteiger partial charge is 0.130 e. The van der Waals surface area contributed by atoms with E-state index < -0.39 is 0 Å². The Labute approximate surface area is 308 Å². The molecule has 0 aliphatic carbocycles. The highest BCUT2D eigenvalue weighted by atomic mass is 16.5. The molecule has 4 heteroatoms. The molecule has 1 N–H and O–H groups in total. The van der Waals surface area contributed by atoms with E-state index in [1.54, 1.807) is 0 Å². The van der Waals surface area contributed by atoms with Gasteiger partial charge < -0.3 is 19.1 Å². The van der Waals surface area contributed by atoms with Gasteiger partial charge in [0.15, 0.2) is 0 Å². The molecule has 0 aromatic carbocycles. The highest BCUT2D eigenvalue weighted by molar-refractivity contribution is 4.82. The summed E-state index contributed by atoms with van der Waals surface area (Å²) in [5.74, 6) is 0. The third-order valence-electron chi connectivity index (χ3n) is 9.98. The maximum absolute atomic E-state index is 9.22. The summed E-state index contributed by atoms with van der Waals surface area (Å²) < 4.78 is 13.5. The van der Waals surface area contributed by atoms with Gasteiger partial charge in [-0.2, -0.15) is 0 Å². The van der Waals surface area contributed by atoms with Crippen LogP contribution in [-0.2, 0) is 9.47 Å². The minimum absolute atomic E-state index is 0.154. The van der Waals surface area contributed by atoms with Crippen LogP contribution in [0.15, 0.2) is 24.3 Å². The van der Waals surface area contributed by atoms with E-state index in [1.807, 2.05) is 0 Å². The van der Waals surface area contributed by atoms with E-state index >= 15 is 0 Å². The zero-order valence-corrected chi connectivity index (χ0v) is 34.1. The van der Waals surface area contributed by atoms with Crippen LogP contribution < -0.4 is 0 Å². The summed E-state index contributed by atoms with van der Waals surface area (Å²) in [4.78, 5) is 0. The second-order valence-electron chi connectivity index (χ2n) is 15.7. The normalized spacial score (nSPS) is 13.0. The van der Waals surface area contributed by atoms with E-state index in [1.165, 1.54) is 167 Å². The predicted octanol–water partition coefficient (Wildman–Crippen LogP) is 13.3. The van der Waals surface area contributed by atoms with Crippen LogP contribution in [0.4, 0.5) is 0 Å². The van der Waals surface area contributed by atoms with Gasteiger partial charge in [0.2, 0.25) is 0 Å². The van der Waals surface area contributed by atoms with E-state index in [0.29, 0.717) is 6.61 Å². The van der Waals surface area contributed by atoms with Crippen LogP contribution in [-0.4, -0.2) is 69.3 Å². The number of quaternary nitrogens is 1. The molecule has 0 aromatic heterocycles. The first-order valence-corrected chi connectivity index (χ1v) is 22.0. The van der Waals surface area contributed by atoms with Gasteiger partial charge in [-0.1, -0.05) is 154 Å². The maximum Gasteiger partial charge on any atom is 0.130 e. The second-order valence-corrected chi connectivity index (χ2v) is 15.7. The van der Waals surface area contributed by atoms with E-state index in [2.05, 4.69) is 52.2 Å². The summed E-state index contributed by atoms with van der Waals surface area (Å²) >= 11 is 0. The number of hydrogen-bond donors (Lipinski definition) is 1. The fourth-order valence-corrected chi connectivity index (χ4v) is 6.71. The molecule has 0 amide bonds. The molecule has 0 bridgehead atoms. The molecule has 4 nitrogen and oxygen atoms in total. The molecular formula is C45H90NO3+. The number of rotatable bonds is 41. The van der Waals surface area contributed by atoms with E-state index in [9.17, 15) is 5.11 Å². The first-order chi connectivity index (χ1) is 24.1. The maximum atomic E-state index is 9.22. The molecule has 0 saturated heterocycles. The van der Waals surface area contributed by atoms with E-state index in [-0.39, 0.29) is 12.7 Å². The molecule has 292 valence electrons. The molecule has 0 aliphatic heterocycles. The molecule has 49 heavy (non-hydrogen) atoms. The molecule has 0 radical (unpaired) electrons. The van der Waals surface area contributed by atoms with Crippen LogP contribution in [0, 0.1) is 0 Å². The minimum atomic E-state index is 0.154. The molecule has 0 fully saturated rings. The van der Waals surface area contributed by atoms with Gasteiger partial charge in [0.1, 0.15) is 12.6 Å². The summed E-state index contributed by atoms with van der Waals surface area (Å²) in [6.07, 6.45) is 49.2. The number of allylic oxidation sites excluding steroid dienone is 4. The Balaban J connectivity index is 3.95. The van der Waals surface area contributed by atoms with Crippen LogP contribution in [0.1, 0.15) is 206 Å². The Kier molecular flexibility index (Phi) is 39.5. The molecule has 1 unspecified atom stereocenters. The molecule has 0 saturated carbocycles. The van der Waals surface area contributed by atoms with Gasteiger partial charge in [-0.15, -0.1) is 0 Å². The van der Waals surface area contributed by atoms with Gasteiger partial charge >= 0.3 is 0 Å². The Bertz CT molecular complexity index is 676. The van der Waals surface area contributed by atoms with Crippen molar-refractivity contribution >= 4 is 0 Å². The van der Waals surface area contributed by atoms with Crippen LogP contribution >= 0.6 is 0 Å². The summed E-state index contributed by atoms with van der Waals surface area (Å²) in [5.41, 5.74) is 0. The molecule has 1 atom stereocenters. The average Bonchev–Trinajstić information content (AvgIpc) is 3.08. The quantitative estimate of drug-likeness (QED) is 0.0394. The Morgan fingerprint density at radius 1 is 0.469 bits per heavy atom. The van der Waals surface area contributed by atoms with Crippen molar-refractivity contribution in [1.29, 1.82) is 0 Å². The second kappa shape index (κ2) is 40.1. The van der Waals surface area contributed by atoms with E-state index in [4.69, 9.17) is 9.47 Å². The van der Waals surface area contributed by atoms with Crippen LogP contribution in [0.5, 0.6) is 0 Å². The topological polar surface area (TPSA) is 38.7 Å². The lowest BCUT2D eigenvalue weighted by Gasteiger charge is -2.33. The van der Waals surface area contributed by atoms with Crippen molar-refractivity contribution in [2.24, 2.45) is 0 Å². The third kappa shape index (κ3) is 40.0. The van der Waals surface area contributed by atoms with Crippen molar-refractivity contribution in [3.8, 4) is 0 Å². The van der Waals surface area contributed by atoms with Gasteiger partial charge in [0, 0.05) is 19.8 Å². The average molecular weight is 693 g/mol. The van der Waals surface area contributed by atoms with Crippen molar-refractivity contribution in [2.75, 3.05) is 53.6 Å². The Morgan fingerprint density at radius 3 is 1.29 bits per heavy atom. The minimum Gasteiger partial charge on any atom is -0.396 e. The number of aliphatic hydroxyl groups excluding tert-OH is 1. The molecule has 0 aliphatic rings. The zero-order valence-electron chi connectivity index (χ0n) is 34.1. The molecule has 0 spiro atoms. The van der Waals surface area contributed by atoms with Crippen molar-refractivity contribution in [3.63, 3.8) is 0 Å². The molecule has 0 aromatic rings. The summed E-state index contributed by atoms with van der Waals surface area (Å²) in [5, 5.41) is 9.22. The molecular weight excluding hydrogens is 602 g/mol. The Morgan fingerprint density at radius 2 is 0.857 bits per heavy atom. The SMILES string of the molecule is CCCCCCCC/C=C\CCCCCCCCOCC(C[N+](C)(C)CCCCO)OCCCCCCCC/C=C\CCCCCCCC. The fraction of sp³-hybridized carbons (Fsp3) is 0.911. The number of likely N-dealkylation sites (N-methyl/N-ethyl adjacent to an activating group) is 1. The number of hydrogen-bond acceptors (Lipinski definition) is 3. The first-order valence-electron chi connectivity index (χ1n) is 22.0. The van der Waals surface area contributed by atoms with Crippen LogP contribution in [0.3, 0.4) is 0 Å². The summed E-state index contributed by atoms with van der Waals surface area (Å²) in [7, 11) is 4.59. The number of nitrogens with zero attached hydrogens (tertiary/aromatic N) is 1. The molecule has 0 heterocycles. The third-order valence-corrected chi connectivity index (χ3v) is 9.98. The van der Waals surface area contributed by atoms with Crippen molar-refractivity contribution < 1.29 is 19.1 Å². The van der Waals surface area contributed by atoms with Crippen molar-refractivity contribution in [3.05, 3.63) is 24.3 Å². The number of ether oxygens (including phenoxy) is 2. The number of aliphatic hydroxyl groups is 1. The van der Waals surface area contributed by atoms with Gasteiger partial charge in [-0.05, 0) is 77.0 Å². The van der Waals surface area contributed by atoms with Crippen LogP contribution in [0.2, 0.25) is 0 Å².